The molecule has 0 spiro atoms. The van der Waals surface area contributed by atoms with Gasteiger partial charge in [0.15, 0.2) is 0 Å². The van der Waals surface area contributed by atoms with E-state index >= 15 is 0 Å². The van der Waals surface area contributed by atoms with Crippen LogP contribution in [0.15, 0.2) is 0 Å². The summed E-state index contributed by atoms with van der Waals surface area (Å²) in [5.41, 5.74) is 0. The van der Waals surface area contributed by atoms with Crippen molar-refractivity contribution < 1.29 is 13.9 Å². The molecule has 4 heteroatoms. The van der Waals surface area contributed by atoms with E-state index in [1.165, 1.54) is 0 Å². The summed E-state index contributed by atoms with van der Waals surface area (Å²) >= 11 is 1.59. The number of thioether (sulfide) groups is 1. The van der Waals surface area contributed by atoms with Crippen LogP contribution in [0.25, 0.3) is 0 Å². The molecule has 2 atom stereocenters. The van der Waals surface area contributed by atoms with Gasteiger partial charge in [0.1, 0.15) is 0 Å². The van der Waals surface area contributed by atoms with Gasteiger partial charge in [0.05, 0.1) is 17.5 Å². The maximum atomic E-state index is 12.9. The van der Waals surface area contributed by atoms with Crippen molar-refractivity contribution in [3.63, 3.8) is 0 Å². The summed E-state index contributed by atoms with van der Waals surface area (Å²) in [5.74, 6) is 0.743. The van der Waals surface area contributed by atoms with E-state index in [4.69, 9.17) is 4.74 Å². The summed E-state index contributed by atoms with van der Waals surface area (Å²) in [6.45, 7) is 7.42. The van der Waals surface area contributed by atoms with Gasteiger partial charge in [-0.3, -0.25) is 4.79 Å². The number of esters is 1. The molecule has 0 radical (unpaired) electrons. The average Bonchev–Trinajstić information content (AvgIpc) is 2.26. The number of halogens is 1. The fraction of sp³-hybridized carbons (Fsp3) is 0.923. The lowest BCUT2D eigenvalue weighted by molar-refractivity contribution is -0.146. The molecule has 0 saturated carbocycles. The molecule has 0 aliphatic rings. The number of alkyl halides is 1. The number of unbranched alkanes of at least 4 members (excludes halogenated alkanes) is 1. The number of hydrogen-bond acceptors (Lipinski definition) is 3. The number of ether oxygens (including phenoxy) is 1. The number of carbonyl (C=O) groups is 1. The van der Waals surface area contributed by atoms with E-state index < -0.39 is 6.17 Å². The van der Waals surface area contributed by atoms with E-state index in [-0.39, 0.29) is 17.3 Å². The molecule has 102 valence electrons. The molecule has 0 aliphatic carbocycles. The van der Waals surface area contributed by atoms with Crippen molar-refractivity contribution in [3.05, 3.63) is 0 Å². The molecule has 0 aromatic carbocycles. The molecule has 0 amide bonds. The van der Waals surface area contributed by atoms with E-state index in [1.54, 1.807) is 11.8 Å². The summed E-state index contributed by atoms with van der Waals surface area (Å²) in [7, 11) is 0. The molecule has 0 aromatic rings. The molecule has 17 heavy (non-hydrogen) atoms. The maximum absolute atomic E-state index is 12.9. The van der Waals surface area contributed by atoms with E-state index in [9.17, 15) is 9.18 Å². The standard InChI is InChI=1S/C13H25FO2S/c1-5-12(14)8-6-7-9-17-11(4)13(15)16-10(2)3/h10-12H,5-9H2,1-4H3. The normalized spacial score (nSPS) is 14.7. The predicted molar refractivity (Wildman–Crippen MR) is 72.2 cm³/mol. The highest BCUT2D eigenvalue weighted by Gasteiger charge is 2.15. The molecule has 0 N–H and O–H groups in total. The van der Waals surface area contributed by atoms with Gasteiger partial charge in [-0.2, -0.15) is 0 Å². The highest BCUT2D eigenvalue weighted by atomic mass is 32.2. The zero-order valence-electron chi connectivity index (χ0n) is 11.4. The lowest BCUT2D eigenvalue weighted by Gasteiger charge is -2.13. The van der Waals surface area contributed by atoms with Crippen LogP contribution in [0.2, 0.25) is 0 Å². The largest absolute Gasteiger partial charge is 0.462 e. The van der Waals surface area contributed by atoms with Crippen molar-refractivity contribution in [1.29, 1.82) is 0 Å². The number of hydrogen-bond donors (Lipinski definition) is 0. The second-order valence-electron chi connectivity index (χ2n) is 4.50. The minimum Gasteiger partial charge on any atom is -0.462 e. The molecule has 0 bridgehead atoms. The van der Waals surface area contributed by atoms with Gasteiger partial charge in [-0.05, 0) is 52.2 Å². The van der Waals surface area contributed by atoms with E-state index in [0.717, 1.165) is 18.6 Å². The Bertz CT molecular complexity index is 210. The summed E-state index contributed by atoms with van der Waals surface area (Å²) in [5, 5.41) is -0.121. The molecule has 2 nitrogen and oxygen atoms in total. The maximum Gasteiger partial charge on any atom is 0.319 e. The van der Waals surface area contributed by atoms with Crippen LogP contribution in [-0.4, -0.2) is 29.2 Å². The van der Waals surface area contributed by atoms with Gasteiger partial charge < -0.3 is 4.74 Å². The summed E-state index contributed by atoms with van der Waals surface area (Å²) < 4.78 is 18.0. The zero-order valence-corrected chi connectivity index (χ0v) is 12.2. The SMILES string of the molecule is CCC(F)CCCCSC(C)C(=O)OC(C)C. The Balaban J connectivity index is 3.51. The van der Waals surface area contributed by atoms with Crippen LogP contribution >= 0.6 is 11.8 Å². The van der Waals surface area contributed by atoms with E-state index in [2.05, 4.69) is 0 Å². The van der Waals surface area contributed by atoms with Gasteiger partial charge in [-0.15, -0.1) is 11.8 Å². The molecule has 2 unspecified atom stereocenters. The molecule has 0 rings (SSSR count). The molecule has 0 heterocycles. The first-order valence-corrected chi connectivity index (χ1v) is 7.48. The minimum absolute atomic E-state index is 0.0533. The third kappa shape index (κ3) is 9.45. The van der Waals surface area contributed by atoms with Crippen LogP contribution in [0.3, 0.4) is 0 Å². The Labute approximate surface area is 109 Å². The zero-order chi connectivity index (χ0) is 13.3. The quantitative estimate of drug-likeness (QED) is 0.465. The van der Waals surface area contributed by atoms with Gasteiger partial charge >= 0.3 is 5.97 Å². The van der Waals surface area contributed by atoms with Crippen molar-refractivity contribution in [1.82, 2.24) is 0 Å². The monoisotopic (exact) mass is 264 g/mol. The van der Waals surface area contributed by atoms with Crippen molar-refractivity contribution in [3.8, 4) is 0 Å². The van der Waals surface area contributed by atoms with Crippen LogP contribution in [-0.2, 0) is 9.53 Å². The smallest absolute Gasteiger partial charge is 0.319 e. The Morgan fingerprint density at radius 2 is 1.94 bits per heavy atom. The van der Waals surface area contributed by atoms with Crippen molar-refractivity contribution >= 4 is 17.7 Å². The molecular formula is C13H25FO2S. The predicted octanol–water partition coefficient (Wildman–Crippen LogP) is 3.98. The third-order valence-electron chi connectivity index (χ3n) is 2.41. The second-order valence-corrected chi connectivity index (χ2v) is 5.95. The Morgan fingerprint density at radius 1 is 1.29 bits per heavy atom. The first-order valence-electron chi connectivity index (χ1n) is 6.43. The molecule has 0 fully saturated rings. The van der Waals surface area contributed by atoms with Crippen LogP contribution < -0.4 is 0 Å². The lowest BCUT2D eigenvalue weighted by Crippen LogP contribution is -2.21. The topological polar surface area (TPSA) is 26.3 Å². The van der Waals surface area contributed by atoms with Crippen LogP contribution in [0.5, 0.6) is 0 Å². The Morgan fingerprint density at radius 3 is 2.47 bits per heavy atom. The molecular weight excluding hydrogens is 239 g/mol. The van der Waals surface area contributed by atoms with Gasteiger partial charge in [-0.1, -0.05) is 6.92 Å². The first kappa shape index (κ1) is 16.8. The lowest BCUT2D eigenvalue weighted by atomic mass is 10.1. The number of rotatable bonds is 9. The fourth-order valence-electron chi connectivity index (χ4n) is 1.33. The molecule has 0 aliphatic heterocycles. The van der Waals surface area contributed by atoms with E-state index in [0.29, 0.717) is 12.8 Å². The van der Waals surface area contributed by atoms with Crippen LogP contribution in [0, 0.1) is 0 Å². The van der Waals surface area contributed by atoms with E-state index in [1.807, 2.05) is 27.7 Å². The third-order valence-corrected chi connectivity index (χ3v) is 3.62. The Kier molecular flexibility index (Phi) is 9.60. The summed E-state index contributed by atoms with van der Waals surface area (Å²) in [4.78, 5) is 11.5. The van der Waals surface area contributed by atoms with Crippen molar-refractivity contribution in [2.75, 3.05) is 5.75 Å². The first-order chi connectivity index (χ1) is 7.97. The van der Waals surface area contributed by atoms with Crippen molar-refractivity contribution in [2.24, 2.45) is 0 Å². The van der Waals surface area contributed by atoms with Crippen molar-refractivity contribution in [2.45, 2.75) is 70.9 Å². The molecule has 0 aromatic heterocycles. The summed E-state index contributed by atoms with van der Waals surface area (Å²) in [6, 6.07) is 0. The summed E-state index contributed by atoms with van der Waals surface area (Å²) in [6.07, 6.45) is 2.38. The highest BCUT2D eigenvalue weighted by Crippen LogP contribution is 2.16. The highest BCUT2D eigenvalue weighted by molar-refractivity contribution is 8.00. The van der Waals surface area contributed by atoms with Gasteiger partial charge in [0.2, 0.25) is 0 Å². The van der Waals surface area contributed by atoms with Gasteiger partial charge in [0, 0.05) is 0 Å². The van der Waals surface area contributed by atoms with Crippen LogP contribution in [0.1, 0.15) is 53.4 Å². The van der Waals surface area contributed by atoms with Gasteiger partial charge in [0.25, 0.3) is 0 Å². The second kappa shape index (κ2) is 9.75. The molecule has 0 saturated heterocycles. The minimum atomic E-state index is -0.664. The van der Waals surface area contributed by atoms with Gasteiger partial charge in [-0.25, -0.2) is 4.39 Å². The Hall–Kier alpha value is -0.250. The fourth-order valence-corrected chi connectivity index (χ4v) is 2.24. The number of carbonyl (C=O) groups excluding carboxylic acids is 1. The average molecular weight is 264 g/mol. The van der Waals surface area contributed by atoms with Crippen LogP contribution in [0.4, 0.5) is 4.39 Å².